The molecule has 1 heterocycles. The summed E-state index contributed by atoms with van der Waals surface area (Å²) in [6.45, 7) is 0. The van der Waals surface area contributed by atoms with Crippen LogP contribution in [0.2, 0.25) is 5.02 Å². The lowest BCUT2D eigenvalue weighted by Gasteiger charge is -2.26. The quantitative estimate of drug-likeness (QED) is 0.290. The summed E-state index contributed by atoms with van der Waals surface area (Å²) in [5.41, 5.74) is 0.754. The second-order valence-electron chi connectivity index (χ2n) is 7.62. The predicted molar refractivity (Wildman–Crippen MR) is 130 cm³/mol. The summed E-state index contributed by atoms with van der Waals surface area (Å²) in [5, 5.41) is 21.6. The van der Waals surface area contributed by atoms with Crippen LogP contribution in [-0.2, 0) is 9.59 Å². The van der Waals surface area contributed by atoms with Crippen LogP contribution in [0.5, 0.6) is 23.0 Å². The third kappa shape index (κ3) is 4.13. The lowest BCUT2D eigenvalue weighted by Crippen LogP contribution is -2.29. The van der Waals surface area contributed by atoms with Gasteiger partial charge in [-0.3, -0.25) is 14.5 Å². The van der Waals surface area contributed by atoms with Crippen molar-refractivity contribution < 1.29 is 34.0 Å². The number of carbonyl (C=O) groups excluding carboxylic acids is 2. The van der Waals surface area contributed by atoms with Gasteiger partial charge in [0.25, 0.3) is 11.7 Å². The van der Waals surface area contributed by atoms with Crippen LogP contribution >= 0.6 is 11.6 Å². The van der Waals surface area contributed by atoms with Crippen LogP contribution in [0.3, 0.4) is 0 Å². The first-order chi connectivity index (χ1) is 16.8. The van der Waals surface area contributed by atoms with Crippen LogP contribution in [0, 0.1) is 0 Å². The number of hydrogen-bond donors (Lipinski definition) is 2. The Bertz CT molecular complexity index is 1340. The molecular formula is C26H22ClNO7. The molecule has 4 rings (SSSR count). The van der Waals surface area contributed by atoms with Gasteiger partial charge in [0.1, 0.15) is 17.3 Å². The monoisotopic (exact) mass is 495 g/mol. The molecule has 2 N–H and O–H groups in total. The third-order valence-corrected chi connectivity index (χ3v) is 6.02. The molecule has 9 heteroatoms. The number of carbonyl (C=O) groups is 2. The molecule has 35 heavy (non-hydrogen) atoms. The standard InChI is InChI=1S/C26H22ClNO7/c1-33-16-9-10-19(34-2)17(13-16)23(29)21-22(14-11-18(27)24(30)20(12-14)35-3)28(26(32)25(21)31)15-7-5-4-6-8-15/h4-13,22,29-30H,1-3H3/b23-21+. The van der Waals surface area contributed by atoms with Gasteiger partial charge in [0.15, 0.2) is 11.5 Å². The first-order valence-electron chi connectivity index (χ1n) is 10.5. The molecular weight excluding hydrogens is 474 g/mol. The molecule has 0 aromatic heterocycles. The number of Topliss-reactive ketones (excluding diaryl/α,β-unsaturated/α-hetero) is 1. The fourth-order valence-electron chi connectivity index (χ4n) is 4.05. The van der Waals surface area contributed by atoms with E-state index in [4.69, 9.17) is 25.8 Å². The van der Waals surface area contributed by atoms with Crippen molar-refractivity contribution in [3.63, 3.8) is 0 Å². The summed E-state index contributed by atoms with van der Waals surface area (Å²) in [6.07, 6.45) is 0. The average molecular weight is 496 g/mol. The molecule has 0 aliphatic carbocycles. The lowest BCUT2D eigenvalue weighted by molar-refractivity contribution is -0.132. The predicted octanol–water partition coefficient (Wildman–Crippen LogP) is 4.70. The fourth-order valence-corrected chi connectivity index (χ4v) is 4.27. The average Bonchev–Trinajstić information content (AvgIpc) is 3.15. The van der Waals surface area contributed by atoms with E-state index >= 15 is 0 Å². The van der Waals surface area contributed by atoms with Crippen molar-refractivity contribution >= 4 is 34.7 Å². The number of aliphatic hydroxyl groups excluding tert-OH is 1. The minimum absolute atomic E-state index is 0.0445. The van der Waals surface area contributed by atoms with Crippen LogP contribution < -0.4 is 19.1 Å². The van der Waals surface area contributed by atoms with Gasteiger partial charge in [-0.25, -0.2) is 0 Å². The smallest absolute Gasteiger partial charge is 0.300 e. The number of nitrogens with zero attached hydrogens (tertiary/aromatic N) is 1. The molecule has 0 radical (unpaired) electrons. The fraction of sp³-hybridized carbons (Fsp3) is 0.154. The Labute approximate surface area is 206 Å². The number of amides is 1. The SMILES string of the molecule is COc1ccc(OC)c(/C(O)=C2\C(=O)C(=O)N(c3ccccc3)C2c2cc(Cl)c(O)c(OC)c2)c1. The molecule has 0 saturated carbocycles. The van der Waals surface area contributed by atoms with Gasteiger partial charge in [-0.05, 0) is 48.0 Å². The van der Waals surface area contributed by atoms with Crippen molar-refractivity contribution in [3.8, 4) is 23.0 Å². The van der Waals surface area contributed by atoms with E-state index in [0.717, 1.165) is 0 Å². The summed E-state index contributed by atoms with van der Waals surface area (Å²) < 4.78 is 15.9. The van der Waals surface area contributed by atoms with Gasteiger partial charge in [-0.15, -0.1) is 0 Å². The van der Waals surface area contributed by atoms with Gasteiger partial charge in [-0.1, -0.05) is 29.8 Å². The van der Waals surface area contributed by atoms with Crippen molar-refractivity contribution in [2.24, 2.45) is 0 Å². The Morgan fingerprint density at radius 2 is 1.60 bits per heavy atom. The number of halogens is 1. The summed E-state index contributed by atoms with van der Waals surface area (Å²) in [4.78, 5) is 27.9. The summed E-state index contributed by atoms with van der Waals surface area (Å²) >= 11 is 6.24. The van der Waals surface area contributed by atoms with Crippen molar-refractivity contribution in [1.82, 2.24) is 0 Å². The van der Waals surface area contributed by atoms with Crippen LogP contribution in [0.1, 0.15) is 17.2 Å². The maximum atomic E-state index is 13.4. The molecule has 8 nitrogen and oxygen atoms in total. The van der Waals surface area contributed by atoms with E-state index in [9.17, 15) is 19.8 Å². The number of methoxy groups -OCH3 is 3. The minimum atomic E-state index is -1.08. The van der Waals surface area contributed by atoms with E-state index in [0.29, 0.717) is 17.0 Å². The second-order valence-corrected chi connectivity index (χ2v) is 8.03. The Hall–Kier alpha value is -4.17. The molecule has 1 amide bonds. The van der Waals surface area contributed by atoms with Crippen molar-refractivity contribution in [2.75, 3.05) is 26.2 Å². The van der Waals surface area contributed by atoms with E-state index in [1.165, 1.54) is 44.4 Å². The molecule has 1 aliphatic heterocycles. The second kappa shape index (κ2) is 9.60. The first-order valence-corrected chi connectivity index (χ1v) is 10.8. The molecule has 1 fully saturated rings. The number of ether oxygens (including phenoxy) is 3. The van der Waals surface area contributed by atoms with E-state index in [1.807, 2.05) is 0 Å². The van der Waals surface area contributed by atoms with Crippen LogP contribution in [0.15, 0.2) is 66.2 Å². The first kappa shape index (κ1) is 24.0. The highest BCUT2D eigenvalue weighted by Crippen LogP contribution is 2.46. The largest absolute Gasteiger partial charge is 0.507 e. The van der Waals surface area contributed by atoms with Crippen LogP contribution in [0.4, 0.5) is 5.69 Å². The Balaban J connectivity index is 2.03. The van der Waals surface area contributed by atoms with Gasteiger partial charge >= 0.3 is 0 Å². The van der Waals surface area contributed by atoms with Crippen molar-refractivity contribution in [1.29, 1.82) is 0 Å². The number of para-hydroxylation sites is 1. The molecule has 1 unspecified atom stereocenters. The molecule has 1 aliphatic rings. The Morgan fingerprint density at radius 1 is 0.914 bits per heavy atom. The van der Waals surface area contributed by atoms with E-state index in [2.05, 4.69) is 0 Å². The number of rotatable bonds is 6. The minimum Gasteiger partial charge on any atom is -0.507 e. The number of ketones is 1. The van der Waals surface area contributed by atoms with Crippen molar-refractivity contribution in [3.05, 3.63) is 82.4 Å². The van der Waals surface area contributed by atoms with Crippen LogP contribution in [-0.4, -0.2) is 43.2 Å². The number of benzene rings is 3. The molecule has 3 aromatic rings. The number of phenolic OH excluding ortho intramolecular Hbond substituents is 1. The maximum Gasteiger partial charge on any atom is 0.300 e. The highest BCUT2D eigenvalue weighted by molar-refractivity contribution is 6.51. The summed E-state index contributed by atoms with van der Waals surface area (Å²) in [5.74, 6) is -1.75. The van der Waals surface area contributed by atoms with E-state index in [1.54, 1.807) is 42.5 Å². The highest BCUT2D eigenvalue weighted by Gasteiger charge is 2.47. The number of anilines is 1. The molecule has 1 saturated heterocycles. The summed E-state index contributed by atoms with van der Waals surface area (Å²) in [6, 6.07) is 15.1. The van der Waals surface area contributed by atoms with Gasteiger partial charge in [-0.2, -0.15) is 0 Å². The van der Waals surface area contributed by atoms with Crippen LogP contribution in [0.25, 0.3) is 5.76 Å². The van der Waals surface area contributed by atoms with E-state index in [-0.39, 0.29) is 33.4 Å². The number of aliphatic hydroxyl groups is 1. The molecule has 0 spiro atoms. The molecule has 3 aromatic carbocycles. The van der Waals surface area contributed by atoms with Crippen molar-refractivity contribution in [2.45, 2.75) is 6.04 Å². The number of phenols is 1. The molecule has 1 atom stereocenters. The Morgan fingerprint density at radius 3 is 2.23 bits per heavy atom. The zero-order chi connectivity index (χ0) is 25.3. The van der Waals surface area contributed by atoms with Gasteiger partial charge in [0, 0.05) is 5.69 Å². The zero-order valence-electron chi connectivity index (χ0n) is 19.1. The zero-order valence-corrected chi connectivity index (χ0v) is 19.9. The maximum absolute atomic E-state index is 13.4. The lowest BCUT2D eigenvalue weighted by atomic mass is 9.94. The normalized spacial score (nSPS) is 16.9. The highest BCUT2D eigenvalue weighted by atomic mass is 35.5. The number of aromatic hydroxyl groups is 1. The topological polar surface area (TPSA) is 106 Å². The summed E-state index contributed by atoms with van der Waals surface area (Å²) in [7, 11) is 4.23. The molecule has 180 valence electrons. The van der Waals surface area contributed by atoms with Gasteiger partial charge < -0.3 is 24.4 Å². The van der Waals surface area contributed by atoms with Gasteiger partial charge in [0.05, 0.1) is 43.5 Å². The number of hydrogen-bond acceptors (Lipinski definition) is 7. The third-order valence-electron chi connectivity index (χ3n) is 5.73. The van der Waals surface area contributed by atoms with E-state index < -0.39 is 23.5 Å². The molecule has 0 bridgehead atoms. The van der Waals surface area contributed by atoms with Gasteiger partial charge in [0.2, 0.25) is 0 Å². The Kier molecular flexibility index (Phi) is 6.57.